The minimum Gasteiger partial charge on any atom is -0.488 e. The Labute approximate surface area is 139 Å². The second kappa shape index (κ2) is 6.62. The number of fused-ring (bicyclic) bond motifs is 3. The van der Waals surface area contributed by atoms with Gasteiger partial charge in [-0.2, -0.15) is 0 Å². The molecule has 1 saturated heterocycles. The Bertz CT molecular complexity index is 737. The van der Waals surface area contributed by atoms with Gasteiger partial charge in [-0.15, -0.1) is 0 Å². The van der Waals surface area contributed by atoms with E-state index in [1.54, 1.807) is 0 Å². The Morgan fingerprint density at radius 2 is 2.08 bits per heavy atom. The van der Waals surface area contributed by atoms with Crippen LogP contribution in [0.1, 0.15) is 16.1 Å². The predicted octanol–water partition coefficient (Wildman–Crippen LogP) is 1.30. The van der Waals surface area contributed by atoms with Crippen LogP contribution in [0.25, 0.3) is 11.3 Å². The van der Waals surface area contributed by atoms with Crippen molar-refractivity contribution in [3.8, 4) is 17.1 Å². The van der Waals surface area contributed by atoms with Crippen molar-refractivity contribution in [2.75, 3.05) is 39.4 Å². The SMILES string of the molecule is O=C(NCCN1CCOCC1)c1noc2c1COc1ccccc1-2. The minimum absolute atomic E-state index is 0.226. The second-order valence-corrected chi connectivity index (χ2v) is 5.83. The molecule has 1 amide bonds. The van der Waals surface area contributed by atoms with Crippen molar-refractivity contribution in [2.45, 2.75) is 6.61 Å². The van der Waals surface area contributed by atoms with E-state index in [9.17, 15) is 4.79 Å². The smallest absolute Gasteiger partial charge is 0.273 e. The highest BCUT2D eigenvalue weighted by atomic mass is 16.5. The van der Waals surface area contributed by atoms with E-state index in [4.69, 9.17) is 14.0 Å². The lowest BCUT2D eigenvalue weighted by molar-refractivity contribution is 0.0383. The van der Waals surface area contributed by atoms with Gasteiger partial charge in [-0.3, -0.25) is 9.69 Å². The second-order valence-electron chi connectivity index (χ2n) is 5.83. The molecule has 0 spiro atoms. The number of nitrogens with one attached hydrogen (secondary N) is 1. The molecular weight excluding hydrogens is 310 g/mol. The summed E-state index contributed by atoms with van der Waals surface area (Å²) in [4.78, 5) is 14.7. The number of rotatable bonds is 4. The van der Waals surface area contributed by atoms with E-state index in [2.05, 4.69) is 15.4 Å². The Morgan fingerprint density at radius 1 is 1.25 bits per heavy atom. The molecule has 1 fully saturated rings. The topological polar surface area (TPSA) is 76.8 Å². The normalized spacial score (nSPS) is 16.8. The van der Waals surface area contributed by atoms with Crippen molar-refractivity contribution >= 4 is 5.91 Å². The summed E-state index contributed by atoms with van der Waals surface area (Å²) in [5, 5.41) is 6.87. The summed E-state index contributed by atoms with van der Waals surface area (Å²) in [6.45, 7) is 4.97. The third-order valence-electron chi connectivity index (χ3n) is 4.32. The number of ether oxygens (including phenoxy) is 2. The molecule has 7 heteroatoms. The summed E-state index contributed by atoms with van der Waals surface area (Å²) >= 11 is 0. The van der Waals surface area contributed by atoms with Crippen LogP contribution in [-0.4, -0.2) is 55.4 Å². The lowest BCUT2D eigenvalue weighted by Gasteiger charge is -2.26. The molecule has 0 unspecified atom stereocenters. The number of benzene rings is 1. The van der Waals surface area contributed by atoms with Crippen LogP contribution in [0.5, 0.6) is 5.75 Å². The lowest BCUT2D eigenvalue weighted by Crippen LogP contribution is -2.41. The summed E-state index contributed by atoms with van der Waals surface area (Å²) < 4.78 is 16.4. The van der Waals surface area contributed by atoms with Crippen LogP contribution in [0.3, 0.4) is 0 Å². The minimum atomic E-state index is -0.226. The number of carbonyl (C=O) groups is 1. The van der Waals surface area contributed by atoms with E-state index in [0.717, 1.165) is 44.2 Å². The van der Waals surface area contributed by atoms with E-state index in [1.165, 1.54) is 0 Å². The van der Waals surface area contributed by atoms with Gasteiger partial charge in [0.2, 0.25) is 0 Å². The Balaban J connectivity index is 1.42. The summed E-state index contributed by atoms with van der Waals surface area (Å²) in [5.41, 5.74) is 1.85. The van der Waals surface area contributed by atoms with Gasteiger partial charge in [0, 0.05) is 26.2 Å². The van der Waals surface area contributed by atoms with Crippen LogP contribution in [0, 0.1) is 0 Å². The van der Waals surface area contributed by atoms with Crippen LogP contribution in [0.2, 0.25) is 0 Å². The third-order valence-corrected chi connectivity index (χ3v) is 4.32. The first-order valence-electron chi connectivity index (χ1n) is 8.12. The van der Waals surface area contributed by atoms with Crippen LogP contribution >= 0.6 is 0 Å². The van der Waals surface area contributed by atoms with Gasteiger partial charge in [0.15, 0.2) is 11.5 Å². The lowest BCUT2D eigenvalue weighted by atomic mass is 10.0. The Morgan fingerprint density at radius 3 is 2.96 bits per heavy atom. The Kier molecular flexibility index (Phi) is 4.18. The molecule has 1 aromatic heterocycles. The van der Waals surface area contributed by atoms with E-state index < -0.39 is 0 Å². The molecule has 0 bridgehead atoms. The first-order valence-corrected chi connectivity index (χ1v) is 8.12. The monoisotopic (exact) mass is 329 g/mol. The standard InChI is InChI=1S/C17H19N3O4/c21-17(18-5-6-20-7-9-22-10-8-20)15-13-11-23-14-4-2-1-3-12(14)16(13)24-19-15/h1-4H,5-11H2,(H,18,21). The van der Waals surface area contributed by atoms with Gasteiger partial charge in [-0.05, 0) is 12.1 Å². The van der Waals surface area contributed by atoms with Crippen LogP contribution in [0.4, 0.5) is 0 Å². The van der Waals surface area contributed by atoms with Crippen LogP contribution in [0.15, 0.2) is 28.8 Å². The summed E-state index contributed by atoms with van der Waals surface area (Å²) in [5.74, 6) is 1.15. The molecule has 0 atom stereocenters. The van der Waals surface area contributed by atoms with E-state index in [0.29, 0.717) is 30.2 Å². The molecule has 1 aromatic carbocycles. The number of aromatic nitrogens is 1. The van der Waals surface area contributed by atoms with Gasteiger partial charge in [0.25, 0.3) is 5.91 Å². The molecular formula is C17H19N3O4. The van der Waals surface area contributed by atoms with Crippen molar-refractivity contribution in [3.05, 3.63) is 35.5 Å². The molecule has 2 aliphatic rings. The van der Waals surface area contributed by atoms with Gasteiger partial charge in [0.05, 0.1) is 24.3 Å². The molecule has 0 saturated carbocycles. The van der Waals surface area contributed by atoms with Crippen molar-refractivity contribution in [1.82, 2.24) is 15.4 Å². The van der Waals surface area contributed by atoms with Gasteiger partial charge < -0.3 is 19.3 Å². The number of hydrogen-bond acceptors (Lipinski definition) is 6. The fourth-order valence-corrected chi connectivity index (χ4v) is 3.00. The number of hydrogen-bond donors (Lipinski definition) is 1. The van der Waals surface area contributed by atoms with Gasteiger partial charge in [0.1, 0.15) is 12.4 Å². The molecule has 2 aromatic rings. The van der Waals surface area contributed by atoms with Crippen LogP contribution < -0.4 is 10.1 Å². The highest BCUT2D eigenvalue weighted by molar-refractivity contribution is 5.95. The molecule has 1 N–H and O–H groups in total. The number of nitrogens with zero attached hydrogens (tertiary/aromatic N) is 2. The number of morpholine rings is 1. The zero-order valence-corrected chi connectivity index (χ0v) is 13.3. The maximum atomic E-state index is 12.4. The molecule has 4 rings (SSSR count). The molecule has 2 aliphatic heterocycles. The van der Waals surface area contributed by atoms with E-state index in [1.807, 2.05) is 24.3 Å². The summed E-state index contributed by atoms with van der Waals surface area (Å²) in [6.07, 6.45) is 0. The highest BCUT2D eigenvalue weighted by Crippen LogP contribution is 2.38. The average molecular weight is 329 g/mol. The van der Waals surface area contributed by atoms with E-state index in [-0.39, 0.29) is 5.91 Å². The van der Waals surface area contributed by atoms with Gasteiger partial charge in [-0.25, -0.2) is 0 Å². The first kappa shape index (κ1) is 15.2. The fourth-order valence-electron chi connectivity index (χ4n) is 3.00. The maximum absolute atomic E-state index is 12.4. The predicted molar refractivity (Wildman–Crippen MR) is 85.9 cm³/mol. The van der Waals surface area contributed by atoms with Crippen molar-refractivity contribution < 1.29 is 18.8 Å². The van der Waals surface area contributed by atoms with Crippen molar-refractivity contribution in [2.24, 2.45) is 0 Å². The third kappa shape index (κ3) is 2.88. The first-order chi connectivity index (χ1) is 11.8. The molecule has 3 heterocycles. The maximum Gasteiger partial charge on any atom is 0.273 e. The number of para-hydroxylation sites is 1. The summed E-state index contributed by atoms with van der Waals surface area (Å²) in [6, 6.07) is 7.59. The average Bonchev–Trinajstić information content (AvgIpc) is 3.07. The fraction of sp³-hybridized carbons (Fsp3) is 0.412. The van der Waals surface area contributed by atoms with Crippen molar-refractivity contribution in [1.29, 1.82) is 0 Å². The van der Waals surface area contributed by atoms with Crippen LogP contribution in [-0.2, 0) is 11.3 Å². The quantitative estimate of drug-likeness (QED) is 0.911. The number of carbonyl (C=O) groups excluding carboxylic acids is 1. The summed E-state index contributed by atoms with van der Waals surface area (Å²) in [7, 11) is 0. The highest BCUT2D eigenvalue weighted by Gasteiger charge is 2.28. The molecule has 7 nitrogen and oxygen atoms in total. The number of amides is 1. The van der Waals surface area contributed by atoms with E-state index >= 15 is 0 Å². The zero-order valence-electron chi connectivity index (χ0n) is 13.3. The van der Waals surface area contributed by atoms with Gasteiger partial charge in [-0.1, -0.05) is 17.3 Å². The molecule has 0 radical (unpaired) electrons. The van der Waals surface area contributed by atoms with Crippen molar-refractivity contribution in [3.63, 3.8) is 0 Å². The zero-order chi connectivity index (χ0) is 16.4. The van der Waals surface area contributed by atoms with Gasteiger partial charge >= 0.3 is 0 Å². The molecule has 0 aliphatic carbocycles. The Hall–Kier alpha value is -2.38. The molecule has 126 valence electrons. The molecule has 24 heavy (non-hydrogen) atoms. The largest absolute Gasteiger partial charge is 0.488 e.